The van der Waals surface area contributed by atoms with Crippen LogP contribution in [0.3, 0.4) is 0 Å². The summed E-state index contributed by atoms with van der Waals surface area (Å²) in [6.07, 6.45) is 1.93. The number of carbonyl (C=O) groups excluding carboxylic acids is 1. The Hall–Kier alpha value is -3.35. The summed E-state index contributed by atoms with van der Waals surface area (Å²) in [5.74, 6) is -0.348. The van der Waals surface area contributed by atoms with Gasteiger partial charge in [-0.3, -0.25) is 14.9 Å². The number of nitrogens with zero attached hydrogens (tertiary/aromatic N) is 2. The molecule has 2 N–H and O–H groups in total. The summed E-state index contributed by atoms with van der Waals surface area (Å²) in [6.45, 7) is 3.07. The van der Waals surface area contributed by atoms with Crippen LogP contribution in [0, 0.1) is 10.1 Å². The number of nitro groups is 1. The molecule has 0 aliphatic carbocycles. The number of aromatic nitrogens is 1. The molecule has 26 heavy (non-hydrogen) atoms. The van der Waals surface area contributed by atoms with Crippen molar-refractivity contribution < 1.29 is 9.72 Å². The number of aromatic amines is 1. The van der Waals surface area contributed by atoms with E-state index in [4.69, 9.17) is 0 Å². The highest BCUT2D eigenvalue weighted by molar-refractivity contribution is 5.95. The molecule has 7 nitrogen and oxygen atoms in total. The van der Waals surface area contributed by atoms with E-state index in [1.807, 2.05) is 42.3 Å². The van der Waals surface area contributed by atoms with Crippen molar-refractivity contribution in [3.8, 4) is 0 Å². The molecular weight excluding hydrogens is 332 g/mol. The number of nitro benzene ring substituents is 1. The first-order chi connectivity index (χ1) is 12.5. The molecule has 0 aliphatic heterocycles. The molecule has 134 valence electrons. The fourth-order valence-electron chi connectivity index (χ4n) is 3.06. The number of carbonyl (C=O) groups is 1. The first kappa shape index (κ1) is 17.5. The van der Waals surface area contributed by atoms with Crippen molar-refractivity contribution >= 4 is 28.2 Å². The fourth-order valence-corrected chi connectivity index (χ4v) is 3.06. The number of fused-ring (bicyclic) bond motifs is 1. The second-order valence-electron chi connectivity index (χ2n) is 5.91. The topological polar surface area (TPSA) is 91.3 Å². The molecule has 0 saturated heterocycles. The van der Waals surface area contributed by atoms with Crippen molar-refractivity contribution in [2.24, 2.45) is 0 Å². The standard InChI is InChI=1S/C19H20N4O3/c1-3-22(12-14-11-21-16-7-5-4-6-15(14)16)17-9-8-13(19(24)20-2)10-18(17)23(25)26/h4-11,21H,3,12H2,1-2H3,(H,20,24). The van der Waals surface area contributed by atoms with Gasteiger partial charge in [-0.2, -0.15) is 0 Å². The van der Waals surface area contributed by atoms with Gasteiger partial charge in [0, 0.05) is 48.9 Å². The minimum atomic E-state index is -0.445. The molecule has 1 aromatic heterocycles. The van der Waals surface area contributed by atoms with E-state index in [1.165, 1.54) is 13.1 Å². The third-order valence-corrected chi connectivity index (χ3v) is 4.42. The van der Waals surface area contributed by atoms with Gasteiger partial charge in [-0.05, 0) is 30.7 Å². The lowest BCUT2D eigenvalue weighted by molar-refractivity contribution is -0.384. The molecule has 0 bridgehead atoms. The van der Waals surface area contributed by atoms with Crippen molar-refractivity contribution in [3.63, 3.8) is 0 Å². The highest BCUT2D eigenvalue weighted by Gasteiger charge is 2.21. The molecule has 0 atom stereocenters. The molecule has 0 saturated carbocycles. The average Bonchev–Trinajstić information content (AvgIpc) is 3.08. The monoisotopic (exact) mass is 352 g/mol. The van der Waals surface area contributed by atoms with E-state index in [-0.39, 0.29) is 17.2 Å². The lowest BCUT2D eigenvalue weighted by Crippen LogP contribution is -2.23. The van der Waals surface area contributed by atoms with Crippen molar-refractivity contribution in [1.82, 2.24) is 10.3 Å². The summed E-state index contributed by atoms with van der Waals surface area (Å²) in [4.78, 5) is 28.1. The fraction of sp³-hybridized carbons (Fsp3) is 0.211. The molecule has 0 aliphatic rings. The van der Waals surface area contributed by atoms with Crippen LogP contribution in [0.5, 0.6) is 0 Å². The van der Waals surface area contributed by atoms with Crippen LogP contribution in [0.1, 0.15) is 22.8 Å². The van der Waals surface area contributed by atoms with E-state index < -0.39 is 4.92 Å². The maximum atomic E-state index is 11.8. The Kier molecular flexibility index (Phi) is 4.88. The van der Waals surface area contributed by atoms with Crippen LogP contribution in [0.15, 0.2) is 48.7 Å². The number of hydrogen-bond acceptors (Lipinski definition) is 4. The van der Waals surface area contributed by atoms with Gasteiger partial charge in [0.1, 0.15) is 5.69 Å². The predicted octanol–water partition coefficient (Wildman–Crippen LogP) is 3.46. The number of amides is 1. The number of para-hydroxylation sites is 1. The molecule has 3 aromatic rings. The molecule has 7 heteroatoms. The Labute approximate surface area is 150 Å². The number of rotatable bonds is 6. The van der Waals surface area contributed by atoms with Crippen LogP contribution in [0.4, 0.5) is 11.4 Å². The van der Waals surface area contributed by atoms with Gasteiger partial charge >= 0.3 is 0 Å². The zero-order valence-corrected chi connectivity index (χ0v) is 14.7. The van der Waals surface area contributed by atoms with Crippen LogP contribution < -0.4 is 10.2 Å². The van der Waals surface area contributed by atoms with Crippen LogP contribution in [-0.4, -0.2) is 29.4 Å². The molecule has 1 heterocycles. The summed E-state index contributed by atoms with van der Waals surface area (Å²) in [5, 5.41) is 15.1. The largest absolute Gasteiger partial charge is 0.362 e. The number of anilines is 1. The second-order valence-corrected chi connectivity index (χ2v) is 5.91. The molecule has 0 radical (unpaired) electrons. The number of H-pyrrole nitrogens is 1. The van der Waals surface area contributed by atoms with Gasteiger partial charge in [0.15, 0.2) is 0 Å². The van der Waals surface area contributed by atoms with E-state index in [0.717, 1.165) is 16.5 Å². The summed E-state index contributed by atoms with van der Waals surface area (Å²) in [7, 11) is 1.50. The summed E-state index contributed by atoms with van der Waals surface area (Å²) in [6, 6.07) is 12.5. The lowest BCUT2D eigenvalue weighted by atomic mass is 10.1. The van der Waals surface area contributed by atoms with Gasteiger partial charge in [0.2, 0.25) is 0 Å². The van der Waals surface area contributed by atoms with Gasteiger partial charge in [-0.25, -0.2) is 0 Å². The van der Waals surface area contributed by atoms with Crippen molar-refractivity contribution in [3.05, 3.63) is 69.9 Å². The molecule has 3 rings (SSSR count). The van der Waals surface area contributed by atoms with E-state index in [9.17, 15) is 14.9 Å². The van der Waals surface area contributed by atoms with Crippen LogP contribution in [-0.2, 0) is 6.54 Å². The Morgan fingerprint density at radius 3 is 2.73 bits per heavy atom. The maximum absolute atomic E-state index is 11.8. The minimum Gasteiger partial charge on any atom is -0.362 e. The van der Waals surface area contributed by atoms with Gasteiger partial charge in [-0.1, -0.05) is 18.2 Å². The summed E-state index contributed by atoms with van der Waals surface area (Å²) >= 11 is 0. The smallest absolute Gasteiger partial charge is 0.293 e. The Morgan fingerprint density at radius 2 is 2.04 bits per heavy atom. The Bertz CT molecular complexity index is 964. The van der Waals surface area contributed by atoms with E-state index in [2.05, 4.69) is 10.3 Å². The predicted molar refractivity (Wildman–Crippen MR) is 102 cm³/mol. The zero-order valence-electron chi connectivity index (χ0n) is 14.7. The lowest BCUT2D eigenvalue weighted by Gasteiger charge is -2.23. The van der Waals surface area contributed by atoms with Crippen molar-refractivity contribution in [2.45, 2.75) is 13.5 Å². The minimum absolute atomic E-state index is 0.0761. The molecule has 0 spiro atoms. The van der Waals surface area contributed by atoms with Crippen LogP contribution in [0.25, 0.3) is 10.9 Å². The quantitative estimate of drug-likeness (QED) is 0.525. The number of nitrogens with one attached hydrogen (secondary N) is 2. The van der Waals surface area contributed by atoms with E-state index in [1.54, 1.807) is 12.1 Å². The molecule has 0 unspecified atom stereocenters. The molecule has 1 amide bonds. The number of hydrogen-bond donors (Lipinski definition) is 2. The molecule has 0 fully saturated rings. The van der Waals surface area contributed by atoms with E-state index >= 15 is 0 Å². The highest BCUT2D eigenvalue weighted by atomic mass is 16.6. The molecule has 2 aromatic carbocycles. The van der Waals surface area contributed by atoms with Crippen molar-refractivity contribution in [1.29, 1.82) is 0 Å². The van der Waals surface area contributed by atoms with Gasteiger partial charge in [-0.15, -0.1) is 0 Å². The van der Waals surface area contributed by atoms with Gasteiger partial charge in [0.05, 0.1) is 4.92 Å². The Balaban J connectivity index is 1.99. The SMILES string of the molecule is CCN(Cc1c[nH]c2ccccc12)c1ccc(C(=O)NC)cc1[N+](=O)[O-]. The van der Waals surface area contributed by atoms with Gasteiger partial charge in [0.25, 0.3) is 11.6 Å². The van der Waals surface area contributed by atoms with E-state index in [0.29, 0.717) is 18.8 Å². The second kappa shape index (κ2) is 7.26. The molecular formula is C19H20N4O3. The zero-order chi connectivity index (χ0) is 18.7. The number of benzene rings is 2. The first-order valence-corrected chi connectivity index (χ1v) is 8.35. The van der Waals surface area contributed by atoms with Crippen LogP contribution >= 0.6 is 0 Å². The normalized spacial score (nSPS) is 10.7. The highest BCUT2D eigenvalue weighted by Crippen LogP contribution is 2.31. The third-order valence-electron chi connectivity index (χ3n) is 4.42. The van der Waals surface area contributed by atoms with Crippen LogP contribution in [0.2, 0.25) is 0 Å². The third kappa shape index (κ3) is 3.23. The summed E-state index contributed by atoms with van der Waals surface area (Å²) < 4.78 is 0. The van der Waals surface area contributed by atoms with Crippen molar-refractivity contribution in [2.75, 3.05) is 18.5 Å². The maximum Gasteiger partial charge on any atom is 0.293 e. The Morgan fingerprint density at radius 1 is 1.27 bits per heavy atom. The average molecular weight is 352 g/mol. The van der Waals surface area contributed by atoms with Gasteiger partial charge < -0.3 is 15.2 Å². The first-order valence-electron chi connectivity index (χ1n) is 8.35. The summed E-state index contributed by atoms with van der Waals surface area (Å²) in [5.41, 5.74) is 2.78.